The van der Waals surface area contributed by atoms with Crippen LogP contribution in [0.1, 0.15) is 32.3 Å². The van der Waals surface area contributed by atoms with Crippen LogP contribution in [0.15, 0.2) is 22.7 Å². The third-order valence-electron chi connectivity index (χ3n) is 2.54. The molecule has 1 rings (SSSR count). The molecule has 0 aliphatic rings. The lowest BCUT2D eigenvalue weighted by atomic mass is 9.97. The molecule has 0 saturated carbocycles. The smallest absolute Gasteiger partial charge is 0.303 e. The van der Waals surface area contributed by atoms with Crippen LogP contribution in [-0.2, 0) is 4.79 Å². The fraction of sp³-hybridized carbons (Fsp3) is 0.385. The van der Waals surface area contributed by atoms with Crippen molar-refractivity contribution in [1.82, 2.24) is 0 Å². The van der Waals surface area contributed by atoms with Crippen LogP contribution in [0, 0.1) is 11.3 Å². The average Bonchev–Trinajstić information content (AvgIpc) is 2.26. The summed E-state index contributed by atoms with van der Waals surface area (Å²) in [5.41, 5.74) is 0.869. The molecular formula is C13H15BrN2O2. The summed E-state index contributed by atoms with van der Waals surface area (Å²) in [7, 11) is 0. The van der Waals surface area contributed by atoms with Gasteiger partial charge in [-0.15, -0.1) is 0 Å². The van der Waals surface area contributed by atoms with Crippen molar-refractivity contribution >= 4 is 27.6 Å². The molecule has 18 heavy (non-hydrogen) atoms. The van der Waals surface area contributed by atoms with Crippen molar-refractivity contribution in [2.75, 3.05) is 5.32 Å². The van der Waals surface area contributed by atoms with Crippen molar-refractivity contribution in [3.05, 3.63) is 28.2 Å². The van der Waals surface area contributed by atoms with Crippen LogP contribution in [0.3, 0.4) is 0 Å². The van der Waals surface area contributed by atoms with Crippen molar-refractivity contribution in [3.63, 3.8) is 0 Å². The molecule has 0 bridgehead atoms. The standard InChI is InChI=1S/C13H15BrN2O2/c1-13(2,6-5-12(17)18)16-11-7-10(14)4-3-9(11)8-15/h3-4,7,16H,5-6H2,1-2H3,(H,17,18). The Hall–Kier alpha value is -1.54. The zero-order valence-electron chi connectivity index (χ0n) is 10.3. The maximum atomic E-state index is 10.6. The molecule has 0 aromatic heterocycles. The molecule has 0 amide bonds. The van der Waals surface area contributed by atoms with E-state index in [2.05, 4.69) is 27.3 Å². The van der Waals surface area contributed by atoms with Crippen LogP contribution < -0.4 is 5.32 Å². The van der Waals surface area contributed by atoms with E-state index >= 15 is 0 Å². The second-order valence-electron chi connectivity index (χ2n) is 4.70. The minimum Gasteiger partial charge on any atom is -0.481 e. The Labute approximate surface area is 115 Å². The first kappa shape index (κ1) is 14.5. The second kappa shape index (κ2) is 5.87. The molecule has 0 heterocycles. The van der Waals surface area contributed by atoms with Gasteiger partial charge in [0.1, 0.15) is 6.07 Å². The van der Waals surface area contributed by atoms with Crippen molar-refractivity contribution < 1.29 is 9.90 Å². The van der Waals surface area contributed by atoms with Gasteiger partial charge in [-0.1, -0.05) is 15.9 Å². The fourth-order valence-corrected chi connectivity index (χ4v) is 1.92. The first-order valence-electron chi connectivity index (χ1n) is 5.54. The number of benzene rings is 1. The van der Waals surface area contributed by atoms with Gasteiger partial charge >= 0.3 is 5.97 Å². The van der Waals surface area contributed by atoms with Crippen LogP contribution in [0.4, 0.5) is 5.69 Å². The highest BCUT2D eigenvalue weighted by Crippen LogP contribution is 2.25. The first-order valence-corrected chi connectivity index (χ1v) is 6.33. The number of carbonyl (C=O) groups is 1. The number of nitriles is 1. The summed E-state index contributed by atoms with van der Waals surface area (Å²) in [6, 6.07) is 7.45. The summed E-state index contributed by atoms with van der Waals surface area (Å²) in [6.07, 6.45) is 0.579. The lowest BCUT2D eigenvalue weighted by molar-refractivity contribution is -0.137. The molecule has 0 fully saturated rings. The molecule has 96 valence electrons. The van der Waals surface area contributed by atoms with Gasteiger partial charge in [-0.2, -0.15) is 5.26 Å². The van der Waals surface area contributed by atoms with Crippen molar-refractivity contribution in [1.29, 1.82) is 5.26 Å². The Bertz CT molecular complexity index is 492. The Morgan fingerprint density at radius 1 is 1.56 bits per heavy atom. The predicted molar refractivity (Wildman–Crippen MR) is 73.4 cm³/mol. The van der Waals surface area contributed by atoms with E-state index in [4.69, 9.17) is 10.4 Å². The van der Waals surface area contributed by atoms with Gasteiger partial charge in [0.2, 0.25) is 0 Å². The molecule has 4 nitrogen and oxygen atoms in total. The summed E-state index contributed by atoms with van der Waals surface area (Å²) in [4.78, 5) is 10.6. The van der Waals surface area contributed by atoms with Gasteiger partial charge in [-0.25, -0.2) is 0 Å². The Balaban J connectivity index is 2.86. The summed E-state index contributed by atoms with van der Waals surface area (Å²) >= 11 is 3.35. The highest BCUT2D eigenvalue weighted by molar-refractivity contribution is 9.10. The topological polar surface area (TPSA) is 73.1 Å². The van der Waals surface area contributed by atoms with Crippen molar-refractivity contribution in [3.8, 4) is 6.07 Å². The quantitative estimate of drug-likeness (QED) is 0.874. The molecule has 0 atom stereocenters. The number of anilines is 1. The highest BCUT2D eigenvalue weighted by Gasteiger charge is 2.20. The molecule has 0 radical (unpaired) electrons. The van der Waals surface area contributed by atoms with Gasteiger partial charge in [0.25, 0.3) is 0 Å². The van der Waals surface area contributed by atoms with Gasteiger partial charge < -0.3 is 10.4 Å². The van der Waals surface area contributed by atoms with E-state index < -0.39 is 5.97 Å². The molecule has 5 heteroatoms. The first-order chi connectivity index (χ1) is 8.34. The molecule has 0 spiro atoms. The number of hydrogen-bond donors (Lipinski definition) is 2. The number of halogens is 1. The minimum absolute atomic E-state index is 0.0931. The van der Waals surface area contributed by atoms with E-state index in [9.17, 15) is 4.79 Å². The van der Waals surface area contributed by atoms with Crippen molar-refractivity contribution in [2.45, 2.75) is 32.2 Å². The second-order valence-corrected chi connectivity index (χ2v) is 5.62. The van der Waals surface area contributed by atoms with Crippen LogP contribution in [0.25, 0.3) is 0 Å². The predicted octanol–water partition coefficient (Wildman–Crippen LogP) is 3.38. The zero-order valence-corrected chi connectivity index (χ0v) is 11.9. The van der Waals surface area contributed by atoms with Crippen LogP contribution in [0.5, 0.6) is 0 Å². The van der Waals surface area contributed by atoms with E-state index in [-0.39, 0.29) is 12.0 Å². The molecule has 2 N–H and O–H groups in total. The van der Waals surface area contributed by atoms with Crippen molar-refractivity contribution in [2.24, 2.45) is 0 Å². The number of carboxylic acids is 1. The number of carboxylic acid groups (broad SMARTS) is 1. The van der Waals surface area contributed by atoms with E-state index in [0.29, 0.717) is 17.7 Å². The third-order valence-corrected chi connectivity index (χ3v) is 3.03. The number of hydrogen-bond acceptors (Lipinski definition) is 3. The molecule has 1 aromatic carbocycles. The van der Waals surface area contributed by atoms with Gasteiger partial charge in [0.05, 0.1) is 11.3 Å². The van der Waals surface area contributed by atoms with Crippen LogP contribution >= 0.6 is 15.9 Å². The maximum Gasteiger partial charge on any atom is 0.303 e. The zero-order chi connectivity index (χ0) is 13.8. The molecule has 0 aliphatic heterocycles. The lowest BCUT2D eigenvalue weighted by Crippen LogP contribution is -2.31. The van der Waals surface area contributed by atoms with E-state index in [1.54, 1.807) is 12.1 Å². The third kappa shape index (κ3) is 4.38. The summed E-state index contributed by atoms with van der Waals surface area (Å²) < 4.78 is 0.873. The van der Waals surface area contributed by atoms with E-state index in [1.807, 2.05) is 19.9 Å². The highest BCUT2D eigenvalue weighted by atomic mass is 79.9. The number of aliphatic carboxylic acids is 1. The Morgan fingerprint density at radius 3 is 2.78 bits per heavy atom. The maximum absolute atomic E-state index is 10.6. The van der Waals surface area contributed by atoms with Gasteiger partial charge in [-0.05, 0) is 38.5 Å². The SMILES string of the molecule is CC(C)(CCC(=O)O)Nc1cc(Br)ccc1C#N. The fourth-order valence-electron chi connectivity index (χ4n) is 1.56. The molecule has 0 saturated heterocycles. The van der Waals surface area contributed by atoms with Gasteiger partial charge in [-0.3, -0.25) is 4.79 Å². The molecule has 0 unspecified atom stereocenters. The van der Waals surface area contributed by atoms with Crippen LogP contribution in [-0.4, -0.2) is 16.6 Å². The van der Waals surface area contributed by atoms with E-state index in [1.165, 1.54) is 0 Å². The molecule has 1 aromatic rings. The Morgan fingerprint density at radius 2 is 2.22 bits per heavy atom. The normalized spacial score (nSPS) is 10.8. The number of rotatable bonds is 5. The average molecular weight is 311 g/mol. The number of nitrogens with one attached hydrogen (secondary N) is 1. The molecule has 0 aliphatic carbocycles. The Kier molecular flexibility index (Phi) is 4.74. The monoisotopic (exact) mass is 310 g/mol. The largest absolute Gasteiger partial charge is 0.481 e. The number of nitrogens with zero attached hydrogens (tertiary/aromatic N) is 1. The lowest BCUT2D eigenvalue weighted by Gasteiger charge is -2.27. The van der Waals surface area contributed by atoms with E-state index in [0.717, 1.165) is 4.47 Å². The van der Waals surface area contributed by atoms with Crippen LogP contribution in [0.2, 0.25) is 0 Å². The summed E-state index contributed by atoms with van der Waals surface area (Å²) in [6.45, 7) is 3.83. The molecular weight excluding hydrogens is 296 g/mol. The van der Waals surface area contributed by atoms with Gasteiger partial charge in [0, 0.05) is 16.4 Å². The summed E-state index contributed by atoms with van der Waals surface area (Å²) in [5.74, 6) is -0.820. The minimum atomic E-state index is -0.820. The van der Waals surface area contributed by atoms with Gasteiger partial charge in [0.15, 0.2) is 0 Å². The summed E-state index contributed by atoms with van der Waals surface area (Å²) in [5, 5.41) is 20.9.